The molecular weight excluding hydrogens is 707 g/mol. The number of amides is 2. The Morgan fingerprint density at radius 2 is 1.46 bits per heavy atom. The SMILES string of the molecule is C[C@H]1[C@@H](CN2CCC3(CC2)OCCO3)O[C@@H](c2ccc(-c3cccc(CNC(=O)Nc4ccc(Oc5ccccc5)cc4)c3)cc2)O[C@H]1c1ccc(CO)cc1. The summed E-state index contributed by atoms with van der Waals surface area (Å²) in [5.41, 5.74) is 6.63. The number of hydrogen-bond acceptors (Lipinski definition) is 8. The number of hydrogen-bond donors (Lipinski definition) is 3. The Bertz CT molecular complexity index is 2030. The van der Waals surface area contributed by atoms with Gasteiger partial charge >= 0.3 is 6.03 Å². The zero-order valence-corrected chi connectivity index (χ0v) is 31.6. The summed E-state index contributed by atoms with van der Waals surface area (Å²) in [5, 5.41) is 15.5. The smallest absolute Gasteiger partial charge is 0.319 e. The third-order valence-electron chi connectivity index (χ3n) is 11.0. The molecule has 0 aliphatic carbocycles. The second kappa shape index (κ2) is 17.4. The number of aliphatic hydroxyl groups is 1. The monoisotopic (exact) mass is 755 g/mol. The van der Waals surface area contributed by atoms with E-state index in [1.807, 2.05) is 78.9 Å². The highest BCUT2D eigenvalue weighted by Gasteiger charge is 2.43. The molecule has 2 amide bonds. The number of urea groups is 1. The number of nitrogens with one attached hydrogen (secondary N) is 2. The Labute approximate surface area is 328 Å². The molecular formula is C46H49N3O7. The molecule has 10 heteroatoms. The Balaban J connectivity index is 0.900. The van der Waals surface area contributed by atoms with E-state index in [2.05, 4.69) is 71.0 Å². The molecule has 5 aromatic rings. The van der Waals surface area contributed by atoms with E-state index in [1.165, 1.54) is 0 Å². The van der Waals surface area contributed by atoms with Crippen LogP contribution in [0.25, 0.3) is 11.1 Å². The van der Waals surface area contributed by atoms with E-state index >= 15 is 0 Å². The van der Waals surface area contributed by atoms with Crippen molar-refractivity contribution >= 4 is 11.7 Å². The fraction of sp³-hybridized carbons (Fsp3) is 0.326. The number of benzene rings is 5. The van der Waals surface area contributed by atoms with Crippen LogP contribution in [0, 0.1) is 5.92 Å². The van der Waals surface area contributed by atoms with Crippen molar-refractivity contribution in [3.05, 3.63) is 150 Å². The molecule has 0 bridgehead atoms. The van der Waals surface area contributed by atoms with Crippen molar-refractivity contribution in [2.45, 2.75) is 57.2 Å². The summed E-state index contributed by atoms with van der Waals surface area (Å²) >= 11 is 0. The average Bonchev–Trinajstić information content (AvgIpc) is 3.71. The van der Waals surface area contributed by atoms with Gasteiger partial charge in [-0.2, -0.15) is 0 Å². The second-order valence-corrected chi connectivity index (χ2v) is 14.8. The Morgan fingerprint density at radius 1 is 0.768 bits per heavy atom. The highest BCUT2D eigenvalue weighted by atomic mass is 16.7. The summed E-state index contributed by atoms with van der Waals surface area (Å²) < 4.78 is 31.3. The number of para-hydroxylation sites is 1. The van der Waals surface area contributed by atoms with Crippen LogP contribution in [0.1, 0.15) is 54.4 Å². The Kier molecular flexibility index (Phi) is 11.7. The average molecular weight is 756 g/mol. The summed E-state index contributed by atoms with van der Waals surface area (Å²) in [4.78, 5) is 15.2. The maximum atomic E-state index is 12.8. The van der Waals surface area contributed by atoms with Crippen molar-refractivity contribution in [3.63, 3.8) is 0 Å². The molecule has 56 heavy (non-hydrogen) atoms. The molecule has 3 aliphatic rings. The van der Waals surface area contributed by atoms with Crippen LogP contribution in [0.3, 0.4) is 0 Å². The molecule has 5 aromatic carbocycles. The van der Waals surface area contributed by atoms with Gasteiger partial charge < -0.3 is 44.3 Å². The minimum Gasteiger partial charge on any atom is -0.457 e. The lowest BCUT2D eigenvalue weighted by atomic mass is 9.89. The number of rotatable bonds is 11. The summed E-state index contributed by atoms with van der Waals surface area (Å²) in [6.07, 6.45) is 0.911. The predicted octanol–water partition coefficient (Wildman–Crippen LogP) is 8.59. The number of anilines is 1. The number of carbonyl (C=O) groups is 1. The van der Waals surface area contributed by atoms with E-state index in [1.54, 1.807) is 0 Å². The minimum absolute atomic E-state index is 0.00229. The maximum Gasteiger partial charge on any atom is 0.319 e. The predicted molar refractivity (Wildman–Crippen MR) is 214 cm³/mol. The topological polar surface area (TPSA) is 111 Å². The van der Waals surface area contributed by atoms with Gasteiger partial charge in [-0.05, 0) is 70.3 Å². The molecule has 8 rings (SSSR count). The number of ether oxygens (including phenoxy) is 5. The number of likely N-dealkylation sites (tertiary alicyclic amines) is 1. The van der Waals surface area contributed by atoms with Crippen molar-refractivity contribution in [2.24, 2.45) is 5.92 Å². The van der Waals surface area contributed by atoms with Gasteiger partial charge in [0.2, 0.25) is 0 Å². The number of nitrogens with zero attached hydrogens (tertiary/aromatic N) is 1. The minimum atomic E-state index is -0.549. The highest BCUT2D eigenvalue weighted by Crippen LogP contribution is 2.43. The summed E-state index contributed by atoms with van der Waals surface area (Å²) in [6, 6.07) is 41.1. The first kappa shape index (κ1) is 37.8. The largest absolute Gasteiger partial charge is 0.457 e. The quantitative estimate of drug-likeness (QED) is 0.123. The maximum absolute atomic E-state index is 12.8. The van der Waals surface area contributed by atoms with Crippen LogP contribution in [-0.2, 0) is 32.1 Å². The summed E-state index contributed by atoms with van der Waals surface area (Å²) in [7, 11) is 0. The van der Waals surface area contributed by atoms with Gasteiger partial charge in [0.1, 0.15) is 11.5 Å². The Morgan fingerprint density at radius 3 is 2.18 bits per heavy atom. The van der Waals surface area contributed by atoms with Crippen LogP contribution in [0.15, 0.2) is 127 Å². The normalized spacial score (nSPS) is 22.1. The highest BCUT2D eigenvalue weighted by molar-refractivity contribution is 5.89. The van der Waals surface area contributed by atoms with Gasteiger partial charge in [-0.3, -0.25) is 0 Å². The number of piperidine rings is 1. The van der Waals surface area contributed by atoms with E-state index in [9.17, 15) is 9.90 Å². The lowest BCUT2D eigenvalue weighted by molar-refractivity contribution is -0.278. The lowest BCUT2D eigenvalue weighted by Gasteiger charge is -2.44. The molecule has 0 aromatic heterocycles. The molecule has 4 atom stereocenters. The lowest BCUT2D eigenvalue weighted by Crippen LogP contribution is -2.50. The van der Waals surface area contributed by atoms with Crippen LogP contribution >= 0.6 is 0 Å². The van der Waals surface area contributed by atoms with Crippen molar-refractivity contribution in [1.82, 2.24) is 10.2 Å². The summed E-state index contributed by atoms with van der Waals surface area (Å²) in [5.74, 6) is 1.12. The van der Waals surface area contributed by atoms with E-state index in [0.29, 0.717) is 31.2 Å². The van der Waals surface area contributed by atoms with Gasteiger partial charge in [0, 0.05) is 56.2 Å². The van der Waals surface area contributed by atoms with Gasteiger partial charge in [-0.15, -0.1) is 0 Å². The molecule has 3 fully saturated rings. The van der Waals surface area contributed by atoms with Crippen molar-refractivity contribution in [3.8, 4) is 22.6 Å². The van der Waals surface area contributed by atoms with Gasteiger partial charge in [-0.25, -0.2) is 4.79 Å². The molecule has 0 unspecified atom stereocenters. The molecule has 3 aliphatic heterocycles. The fourth-order valence-electron chi connectivity index (χ4n) is 7.73. The Hall–Kier alpha value is -5.07. The van der Waals surface area contributed by atoms with E-state index in [0.717, 1.165) is 71.6 Å². The van der Waals surface area contributed by atoms with Crippen molar-refractivity contribution in [2.75, 3.05) is 38.2 Å². The van der Waals surface area contributed by atoms with Crippen molar-refractivity contribution < 1.29 is 33.6 Å². The molecule has 3 heterocycles. The van der Waals surface area contributed by atoms with Crippen LogP contribution in [0.5, 0.6) is 11.5 Å². The molecule has 1 spiro atoms. The second-order valence-electron chi connectivity index (χ2n) is 14.8. The van der Waals surface area contributed by atoms with Crippen LogP contribution in [0.2, 0.25) is 0 Å². The van der Waals surface area contributed by atoms with Crippen LogP contribution in [0.4, 0.5) is 10.5 Å². The molecule has 10 nitrogen and oxygen atoms in total. The van der Waals surface area contributed by atoms with Gasteiger partial charge in [0.25, 0.3) is 0 Å². The van der Waals surface area contributed by atoms with Gasteiger partial charge in [-0.1, -0.05) is 91.9 Å². The first-order valence-corrected chi connectivity index (χ1v) is 19.5. The first-order chi connectivity index (χ1) is 27.4. The number of aliphatic hydroxyl groups excluding tert-OH is 1. The number of carbonyl (C=O) groups excluding carboxylic acids is 1. The molecule has 0 radical (unpaired) electrons. The molecule has 3 N–H and O–H groups in total. The molecule has 0 saturated carbocycles. The zero-order valence-electron chi connectivity index (χ0n) is 31.6. The van der Waals surface area contributed by atoms with E-state index in [4.69, 9.17) is 23.7 Å². The zero-order chi connectivity index (χ0) is 38.3. The standard InChI is InChI=1S/C46H49N3O7/c1-32-42(30-49-24-22-46(23-25-49)52-26-27-53-46)55-44(56-43(32)36-12-10-33(31-50)11-13-36)37-16-14-35(15-17-37)38-7-5-6-34(28-38)29-47-45(51)48-39-18-20-41(21-19-39)54-40-8-3-2-4-9-40/h2-21,28,32,42-44,50H,22-27,29-31H2,1H3,(H2,47,48,51)/t32-,42+,43+,44+/m0/s1. The van der Waals surface area contributed by atoms with Gasteiger partial charge in [0.15, 0.2) is 12.1 Å². The molecule has 290 valence electrons. The van der Waals surface area contributed by atoms with E-state index < -0.39 is 12.1 Å². The first-order valence-electron chi connectivity index (χ1n) is 19.5. The third kappa shape index (κ3) is 9.13. The van der Waals surface area contributed by atoms with Gasteiger partial charge in [0.05, 0.1) is 32.0 Å². The molecule has 3 saturated heterocycles. The van der Waals surface area contributed by atoms with E-state index in [-0.39, 0.29) is 30.8 Å². The summed E-state index contributed by atoms with van der Waals surface area (Å²) in [6.45, 7) is 6.48. The third-order valence-corrected chi connectivity index (χ3v) is 11.0. The van der Waals surface area contributed by atoms with Crippen LogP contribution < -0.4 is 15.4 Å². The van der Waals surface area contributed by atoms with Crippen molar-refractivity contribution in [1.29, 1.82) is 0 Å². The fourth-order valence-corrected chi connectivity index (χ4v) is 7.73. The van der Waals surface area contributed by atoms with Crippen LogP contribution in [-0.4, -0.2) is 60.8 Å².